The third-order valence-electron chi connectivity index (χ3n) is 14.6. The second-order valence-corrected chi connectivity index (χ2v) is 19.2. The maximum atomic E-state index is 9.80. The van der Waals surface area contributed by atoms with E-state index in [0.717, 1.165) is 64.2 Å². The Labute approximate surface area is 373 Å². The number of benzene rings is 4. The molecular weight excluding hydrogens is 737 g/mol. The lowest BCUT2D eigenvalue weighted by atomic mass is 9.67. The Morgan fingerprint density at radius 3 is 1.02 bits per heavy atom. The molecule has 2 aliphatic carbocycles. The molecule has 0 spiro atoms. The Hall–Kier alpha value is -4.14. The largest absolute Gasteiger partial charge is 0.198 e. The molecular formula is C59H80N2. The lowest BCUT2D eigenvalue weighted by Crippen LogP contribution is -2.25. The molecule has 0 atom stereocenters. The van der Waals surface area contributed by atoms with E-state index in [-0.39, 0.29) is 10.8 Å². The molecule has 0 saturated heterocycles. The Bertz CT molecular complexity index is 1870. The molecule has 0 radical (unpaired) electrons. The van der Waals surface area contributed by atoms with Crippen molar-refractivity contribution in [1.82, 2.24) is 0 Å². The molecule has 0 aromatic heterocycles. The number of nitriles is 2. The molecule has 4 aromatic carbocycles. The second-order valence-electron chi connectivity index (χ2n) is 19.2. The van der Waals surface area contributed by atoms with Gasteiger partial charge in [0.2, 0.25) is 0 Å². The summed E-state index contributed by atoms with van der Waals surface area (Å²) in [5.74, 6) is 1.24. The predicted octanol–water partition coefficient (Wildman–Crippen LogP) is 18.1. The Balaban J connectivity index is 0.000000231. The van der Waals surface area contributed by atoms with Crippen LogP contribution < -0.4 is 0 Å². The molecule has 2 heteroatoms. The topological polar surface area (TPSA) is 47.6 Å². The molecule has 0 aliphatic heterocycles. The average molecular weight is 817 g/mol. The summed E-state index contributed by atoms with van der Waals surface area (Å²) in [5, 5.41) is 19.6. The van der Waals surface area contributed by atoms with E-state index in [9.17, 15) is 10.5 Å². The molecule has 4 aromatic rings. The highest BCUT2D eigenvalue weighted by molar-refractivity contribution is 5.65. The van der Waals surface area contributed by atoms with Crippen LogP contribution in [0.15, 0.2) is 97.1 Å². The normalized spacial score (nSPS) is 21.1. The van der Waals surface area contributed by atoms with E-state index < -0.39 is 0 Å². The van der Waals surface area contributed by atoms with E-state index in [1.54, 1.807) is 0 Å². The fourth-order valence-electron chi connectivity index (χ4n) is 10.2. The van der Waals surface area contributed by atoms with Crippen LogP contribution in [0.25, 0.3) is 22.3 Å². The van der Waals surface area contributed by atoms with E-state index in [2.05, 4.69) is 137 Å². The molecule has 0 amide bonds. The summed E-state index contributed by atoms with van der Waals surface area (Å²) in [7, 11) is 0. The van der Waals surface area contributed by atoms with Crippen LogP contribution >= 0.6 is 0 Å². The van der Waals surface area contributed by atoms with Gasteiger partial charge in [0.1, 0.15) is 0 Å². The van der Waals surface area contributed by atoms with Gasteiger partial charge < -0.3 is 0 Å². The van der Waals surface area contributed by atoms with Crippen molar-refractivity contribution >= 4 is 0 Å². The zero-order valence-electron chi connectivity index (χ0n) is 39.0. The minimum atomic E-state index is -0.0517. The molecule has 0 unspecified atom stereocenters. The first kappa shape index (κ1) is 47.9. The lowest BCUT2D eigenvalue weighted by Gasteiger charge is -2.35. The van der Waals surface area contributed by atoms with Gasteiger partial charge in [-0.1, -0.05) is 195 Å². The van der Waals surface area contributed by atoms with Crippen molar-refractivity contribution < 1.29 is 0 Å². The van der Waals surface area contributed by atoms with E-state index >= 15 is 0 Å². The van der Waals surface area contributed by atoms with E-state index in [1.165, 1.54) is 141 Å². The summed E-state index contributed by atoms with van der Waals surface area (Å²) in [6.45, 7) is 9.00. The second kappa shape index (κ2) is 25.7. The predicted molar refractivity (Wildman–Crippen MR) is 262 cm³/mol. The third-order valence-corrected chi connectivity index (χ3v) is 14.6. The summed E-state index contributed by atoms with van der Waals surface area (Å²) in [5.41, 5.74) is 10.9. The molecule has 61 heavy (non-hydrogen) atoms. The molecule has 326 valence electrons. The minimum absolute atomic E-state index is 0.0511. The van der Waals surface area contributed by atoms with Crippen molar-refractivity contribution in [3.05, 3.63) is 119 Å². The summed E-state index contributed by atoms with van der Waals surface area (Å²) in [6.07, 6.45) is 30.1. The molecule has 0 N–H and O–H groups in total. The van der Waals surface area contributed by atoms with Gasteiger partial charge in [-0.25, -0.2) is 0 Å². The van der Waals surface area contributed by atoms with Crippen molar-refractivity contribution in [2.24, 2.45) is 10.8 Å². The summed E-state index contributed by atoms with van der Waals surface area (Å²) >= 11 is 0. The third kappa shape index (κ3) is 14.7. The van der Waals surface area contributed by atoms with Gasteiger partial charge in [0.25, 0.3) is 0 Å². The van der Waals surface area contributed by atoms with Gasteiger partial charge in [-0.05, 0) is 146 Å². The maximum Gasteiger partial charge on any atom is 0.0689 e. The number of hydrogen-bond acceptors (Lipinski definition) is 2. The summed E-state index contributed by atoms with van der Waals surface area (Å²) in [6, 6.07) is 42.2. The van der Waals surface area contributed by atoms with Gasteiger partial charge >= 0.3 is 0 Å². The quantitative estimate of drug-likeness (QED) is 0.0787. The fourth-order valence-corrected chi connectivity index (χ4v) is 10.2. The van der Waals surface area contributed by atoms with Crippen LogP contribution in [0.1, 0.15) is 209 Å². The highest BCUT2D eigenvalue weighted by Gasteiger charge is 2.36. The number of hydrogen-bond donors (Lipinski definition) is 0. The zero-order valence-corrected chi connectivity index (χ0v) is 39.0. The first-order valence-corrected chi connectivity index (χ1v) is 25.1. The van der Waals surface area contributed by atoms with Crippen LogP contribution in [0.3, 0.4) is 0 Å². The Kier molecular flexibility index (Phi) is 20.2. The van der Waals surface area contributed by atoms with Gasteiger partial charge in [0.15, 0.2) is 0 Å². The van der Waals surface area contributed by atoms with Crippen LogP contribution in [-0.2, 0) is 12.8 Å². The summed E-state index contributed by atoms with van der Waals surface area (Å²) < 4.78 is 0. The van der Waals surface area contributed by atoms with Crippen LogP contribution in [0.5, 0.6) is 0 Å². The van der Waals surface area contributed by atoms with Crippen molar-refractivity contribution in [3.63, 3.8) is 0 Å². The first-order valence-electron chi connectivity index (χ1n) is 25.1. The maximum absolute atomic E-state index is 9.80. The van der Waals surface area contributed by atoms with Gasteiger partial charge in [-0.3, -0.25) is 0 Å². The van der Waals surface area contributed by atoms with Crippen LogP contribution in [0.4, 0.5) is 0 Å². The highest BCUT2D eigenvalue weighted by atomic mass is 14.4. The van der Waals surface area contributed by atoms with Crippen LogP contribution in [0, 0.1) is 33.5 Å². The molecule has 2 fully saturated rings. The van der Waals surface area contributed by atoms with Crippen molar-refractivity contribution in [1.29, 1.82) is 10.5 Å². The summed E-state index contributed by atoms with van der Waals surface area (Å²) in [4.78, 5) is 0. The molecule has 0 heterocycles. The van der Waals surface area contributed by atoms with Gasteiger partial charge in [0, 0.05) is 0 Å². The zero-order chi connectivity index (χ0) is 43.2. The van der Waals surface area contributed by atoms with E-state index in [1.807, 2.05) is 0 Å². The van der Waals surface area contributed by atoms with Gasteiger partial charge in [-0.15, -0.1) is 0 Å². The lowest BCUT2D eigenvalue weighted by molar-refractivity contribution is 0.223. The number of nitrogens with zero attached hydrogens (tertiary/aromatic N) is 2. The van der Waals surface area contributed by atoms with Gasteiger partial charge in [-0.2, -0.15) is 10.5 Å². The Morgan fingerprint density at radius 2 is 0.689 bits per heavy atom. The molecule has 2 nitrogen and oxygen atoms in total. The molecule has 2 aliphatic rings. The standard InChI is InChI=1S/C30H41N.C29H39N/c1-3-5-7-8-10-25-11-13-26(14-12-25)27-15-17-28(18-16-27)29-19-22-30(24-31,23-20-29)21-9-6-4-2;1-3-5-7-9-24-10-12-25(13-11-24)26-14-16-27(17-15-26)28-18-21-29(23-30,22-19-28)20-8-6-4-2/h11-18,29H,3-10,19-23H2,1-2H3;10-17,28H,3-9,18-22H2,1-2H3. The van der Waals surface area contributed by atoms with Crippen molar-refractivity contribution in [2.75, 3.05) is 0 Å². The van der Waals surface area contributed by atoms with Crippen LogP contribution in [-0.4, -0.2) is 0 Å². The van der Waals surface area contributed by atoms with Crippen LogP contribution in [0.2, 0.25) is 0 Å². The Morgan fingerprint density at radius 1 is 0.393 bits per heavy atom. The van der Waals surface area contributed by atoms with E-state index in [0.29, 0.717) is 11.8 Å². The SMILES string of the molecule is CCCCCCc1ccc(-c2ccc(C3CCC(C#N)(CCCCC)CC3)cc2)cc1.CCCCCc1ccc(-c2ccc(C3CCC(C#N)(CCCCC)CC3)cc2)cc1. The highest BCUT2D eigenvalue weighted by Crippen LogP contribution is 2.47. The van der Waals surface area contributed by atoms with E-state index in [4.69, 9.17) is 0 Å². The monoisotopic (exact) mass is 817 g/mol. The molecule has 6 rings (SSSR count). The first-order chi connectivity index (χ1) is 29.9. The average Bonchev–Trinajstić information content (AvgIpc) is 3.32. The number of unbranched alkanes of at least 4 members (excludes halogenated alkanes) is 9. The minimum Gasteiger partial charge on any atom is -0.198 e. The van der Waals surface area contributed by atoms with Crippen molar-refractivity contribution in [2.45, 2.75) is 200 Å². The van der Waals surface area contributed by atoms with Gasteiger partial charge in [0.05, 0.1) is 23.0 Å². The van der Waals surface area contributed by atoms with Crippen molar-refractivity contribution in [3.8, 4) is 34.4 Å². The number of aryl methyl sites for hydroxylation is 2. The number of rotatable bonds is 21. The molecule has 2 saturated carbocycles. The smallest absolute Gasteiger partial charge is 0.0689 e. The fraction of sp³-hybridized carbons (Fsp3) is 0.559. The molecule has 0 bridgehead atoms.